The summed E-state index contributed by atoms with van der Waals surface area (Å²) in [5, 5.41) is 4.29. The Morgan fingerprint density at radius 3 is 2.30 bits per heavy atom. The van der Waals surface area contributed by atoms with Crippen LogP contribution in [0.4, 0.5) is 0 Å². The first kappa shape index (κ1) is 15.9. The van der Waals surface area contributed by atoms with E-state index in [1.165, 1.54) is 22.5 Å². The summed E-state index contributed by atoms with van der Waals surface area (Å²) >= 11 is 5.99. The van der Waals surface area contributed by atoms with Crippen molar-refractivity contribution in [3.8, 4) is 5.69 Å². The van der Waals surface area contributed by atoms with Gasteiger partial charge >= 0.3 is 0 Å². The van der Waals surface area contributed by atoms with E-state index in [2.05, 4.69) is 66.2 Å². The zero-order valence-electron chi connectivity index (χ0n) is 13.5. The molecule has 3 heteroatoms. The van der Waals surface area contributed by atoms with Gasteiger partial charge in [-0.25, -0.2) is 0 Å². The van der Waals surface area contributed by atoms with E-state index in [9.17, 15) is 0 Å². The molecule has 0 aliphatic rings. The Balaban J connectivity index is 1.74. The third-order valence-corrected chi connectivity index (χ3v) is 4.36. The van der Waals surface area contributed by atoms with E-state index in [1.807, 2.05) is 18.2 Å². The van der Waals surface area contributed by atoms with Gasteiger partial charge in [0.1, 0.15) is 0 Å². The minimum atomic E-state index is 0.765. The zero-order valence-corrected chi connectivity index (χ0v) is 14.3. The van der Waals surface area contributed by atoms with Crippen LogP contribution in [0, 0.1) is 13.8 Å². The number of nitrogens with one attached hydrogen (secondary N) is 1. The molecule has 0 aliphatic heterocycles. The fourth-order valence-corrected chi connectivity index (χ4v) is 3.06. The van der Waals surface area contributed by atoms with Crippen molar-refractivity contribution in [1.82, 2.24) is 9.88 Å². The Kier molecular flexibility index (Phi) is 4.85. The maximum Gasteiger partial charge on any atom is 0.0456 e. The van der Waals surface area contributed by atoms with E-state index >= 15 is 0 Å². The summed E-state index contributed by atoms with van der Waals surface area (Å²) in [5.41, 5.74) is 6.29. The van der Waals surface area contributed by atoms with Crippen molar-refractivity contribution in [2.45, 2.75) is 26.9 Å². The molecule has 3 rings (SSSR count). The normalized spacial score (nSPS) is 10.9. The first-order valence-electron chi connectivity index (χ1n) is 7.83. The second kappa shape index (κ2) is 7.03. The molecule has 1 aromatic heterocycles. The van der Waals surface area contributed by atoms with Crippen LogP contribution in [0.2, 0.25) is 5.02 Å². The van der Waals surface area contributed by atoms with Crippen molar-refractivity contribution in [3.63, 3.8) is 0 Å². The average Bonchev–Trinajstić information content (AvgIpc) is 2.84. The number of rotatable bonds is 5. The Morgan fingerprint density at radius 1 is 0.913 bits per heavy atom. The van der Waals surface area contributed by atoms with Crippen molar-refractivity contribution in [1.29, 1.82) is 0 Å². The highest BCUT2D eigenvalue weighted by atomic mass is 35.5. The van der Waals surface area contributed by atoms with Gasteiger partial charge < -0.3 is 9.88 Å². The first-order valence-corrected chi connectivity index (χ1v) is 8.21. The molecule has 2 nitrogen and oxygen atoms in total. The zero-order chi connectivity index (χ0) is 16.2. The number of aryl methyl sites for hydroxylation is 1. The van der Waals surface area contributed by atoms with Gasteiger partial charge in [-0.1, -0.05) is 41.9 Å². The van der Waals surface area contributed by atoms with E-state index in [1.54, 1.807) is 0 Å². The average molecular weight is 325 g/mol. The molecule has 1 N–H and O–H groups in total. The number of hydrogen-bond donors (Lipinski definition) is 1. The Morgan fingerprint density at radius 2 is 1.61 bits per heavy atom. The molecule has 23 heavy (non-hydrogen) atoms. The molecule has 1 heterocycles. The maximum absolute atomic E-state index is 5.99. The molecule has 118 valence electrons. The first-order chi connectivity index (χ1) is 11.1. The standard InChI is InChI=1S/C20H21ClN2/c1-15-12-18(14-22-13-17-6-4-3-5-7-17)16(2)23(15)20-10-8-19(21)9-11-20/h3-12,22H,13-14H2,1-2H3. The van der Waals surface area contributed by atoms with Crippen molar-refractivity contribution in [3.05, 3.63) is 88.2 Å². The molecule has 0 saturated heterocycles. The van der Waals surface area contributed by atoms with Crippen LogP contribution in [0.5, 0.6) is 0 Å². The molecular weight excluding hydrogens is 304 g/mol. The quantitative estimate of drug-likeness (QED) is 0.696. The summed E-state index contributed by atoms with van der Waals surface area (Å²) < 4.78 is 2.27. The van der Waals surface area contributed by atoms with Gasteiger partial charge in [0.05, 0.1) is 0 Å². The minimum absolute atomic E-state index is 0.765. The fourth-order valence-electron chi connectivity index (χ4n) is 2.93. The Labute approximate surface area is 142 Å². The van der Waals surface area contributed by atoms with Crippen LogP contribution in [0.1, 0.15) is 22.5 Å². The molecule has 0 atom stereocenters. The lowest BCUT2D eigenvalue weighted by Crippen LogP contribution is -2.13. The summed E-state index contributed by atoms with van der Waals surface area (Å²) in [6.45, 7) is 6.05. The lowest BCUT2D eigenvalue weighted by molar-refractivity contribution is 0.689. The van der Waals surface area contributed by atoms with Crippen LogP contribution in [0.15, 0.2) is 60.7 Å². The largest absolute Gasteiger partial charge is 0.318 e. The van der Waals surface area contributed by atoms with Crippen LogP contribution >= 0.6 is 11.6 Å². The second-order valence-electron chi connectivity index (χ2n) is 5.80. The van der Waals surface area contributed by atoms with Gasteiger partial charge in [-0.2, -0.15) is 0 Å². The Bertz CT molecular complexity index is 773. The van der Waals surface area contributed by atoms with Crippen molar-refractivity contribution < 1.29 is 0 Å². The van der Waals surface area contributed by atoms with Crippen LogP contribution in [0.3, 0.4) is 0 Å². The predicted molar refractivity (Wildman–Crippen MR) is 97.2 cm³/mol. The predicted octanol–water partition coefficient (Wildman–Crippen LogP) is 5.04. The van der Waals surface area contributed by atoms with E-state index in [-0.39, 0.29) is 0 Å². The highest BCUT2D eigenvalue weighted by molar-refractivity contribution is 6.30. The van der Waals surface area contributed by atoms with Gasteiger partial charge in [-0.05, 0) is 55.3 Å². The van der Waals surface area contributed by atoms with Gasteiger partial charge in [-0.3, -0.25) is 0 Å². The van der Waals surface area contributed by atoms with Gasteiger partial charge in [0, 0.05) is 35.2 Å². The van der Waals surface area contributed by atoms with Crippen molar-refractivity contribution in [2.75, 3.05) is 0 Å². The maximum atomic E-state index is 5.99. The van der Waals surface area contributed by atoms with E-state index in [4.69, 9.17) is 11.6 Å². The molecule has 0 bridgehead atoms. The fraction of sp³-hybridized carbons (Fsp3) is 0.200. The lowest BCUT2D eigenvalue weighted by Gasteiger charge is -2.10. The molecule has 0 radical (unpaired) electrons. The van der Waals surface area contributed by atoms with Gasteiger partial charge in [-0.15, -0.1) is 0 Å². The van der Waals surface area contributed by atoms with Crippen LogP contribution in [-0.2, 0) is 13.1 Å². The van der Waals surface area contributed by atoms with Gasteiger partial charge in [0.15, 0.2) is 0 Å². The monoisotopic (exact) mass is 324 g/mol. The summed E-state index contributed by atoms with van der Waals surface area (Å²) in [7, 11) is 0. The third-order valence-electron chi connectivity index (χ3n) is 4.11. The minimum Gasteiger partial charge on any atom is -0.318 e. The SMILES string of the molecule is Cc1cc(CNCc2ccccc2)c(C)n1-c1ccc(Cl)cc1. The van der Waals surface area contributed by atoms with E-state index in [0.717, 1.165) is 23.8 Å². The smallest absolute Gasteiger partial charge is 0.0456 e. The molecule has 0 saturated carbocycles. The van der Waals surface area contributed by atoms with Crippen LogP contribution in [0.25, 0.3) is 5.69 Å². The molecule has 0 spiro atoms. The van der Waals surface area contributed by atoms with E-state index < -0.39 is 0 Å². The number of aromatic nitrogens is 1. The number of hydrogen-bond acceptors (Lipinski definition) is 1. The summed E-state index contributed by atoms with van der Waals surface area (Å²) in [6.07, 6.45) is 0. The molecule has 2 aromatic carbocycles. The van der Waals surface area contributed by atoms with Crippen LogP contribution in [-0.4, -0.2) is 4.57 Å². The molecule has 0 aliphatic carbocycles. The lowest BCUT2D eigenvalue weighted by atomic mass is 10.2. The summed E-state index contributed by atoms with van der Waals surface area (Å²) in [5.74, 6) is 0. The second-order valence-corrected chi connectivity index (χ2v) is 6.23. The Hall–Kier alpha value is -2.03. The summed E-state index contributed by atoms with van der Waals surface area (Å²) in [4.78, 5) is 0. The highest BCUT2D eigenvalue weighted by Crippen LogP contribution is 2.22. The molecule has 0 unspecified atom stereocenters. The number of halogens is 1. The highest BCUT2D eigenvalue weighted by Gasteiger charge is 2.10. The molecule has 3 aromatic rings. The molecular formula is C20H21ClN2. The molecule has 0 fully saturated rings. The molecule has 0 amide bonds. The number of nitrogens with zero attached hydrogens (tertiary/aromatic N) is 1. The third kappa shape index (κ3) is 3.66. The van der Waals surface area contributed by atoms with Crippen molar-refractivity contribution in [2.24, 2.45) is 0 Å². The van der Waals surface area contributed by atoms with Crippen molar-refractivity contribution >= 4 is 11.6 Å². The van der Waals surface area contributed by atoms with Gasteiger partial charge in [0.25, 0.3) is 0 Å². The van der Waals surface area contributed by atoms with E-state index in [0.29, 0.717) is 0 Å². The number of benzene rings is 2. The summed E-state index contributed by atoms with van der Waals surface area (Å²) in [6, 6.07) is 20.7. The topological polar surface area (TPSA) is 17.0 Å². The van der Waals surface area contributed by atoms with Crippen LogP contribution < -0.4 is 5.32 Å². The van der Waals surface area contributed by atoms with Gasteiger partial charge in [0.2, 0.25) is 0 Å².